The van der Waals surface area contributed by atoms with E-state index in [1.165, 1.54) is 0 Å². The first-order chi connectivity index (χ1) is 13.1. The van der Waals surface area contributed by atoms with Gasteiger partial charge in [0.15, 0.2) is 0 Å². The minimum absolute atomic E-state index is 0.101. The van der Waals surface area contributed by atoms with Crippen molar-refractivity contribution < 1.29 is 14.3 Å². The molecule has 7 heteroatoms. The van der Waals surface area contributed by atoms with Crippen LogP contribution in [0.3, 0.4) is 0 Å². The van der Waals surface area contributed by atoms with Gasteiger partial charge in [-0.25, -0.2) is 0 Å². The molecule has 148 valence electrons. The number of amides is 2. The van der Waals surface area contributed by atoms with Crippen molar-refractivity contribution in [3.8, 4) is 5.75 Å². The number of nitrogens with zero attached hydrogens (tertiary/aromatic N) is 3. The largest absolute Gasteiger partial charge is 0.492 e. The van der Waals surface area contributed by atoms with Crippen LogP contribution in [0.4, 0.5) is 5.69 Å². The lowest BCUT2D eigenvalue weighted by Gasteiger charge is -2.38. The molecule has 0 saturated carbocycles. The molecule has 0 unspecified atom stereocenters. The van der Waals surface area contributed by atoms with Gasteiger partial charge in [-0.05, 0) is 31.9 Å². The molecule has 2 N–H and O–H groups in total. The van der Waals surface area contributed by atoms with Crippen molar-refractivity contribution in [2.45, 2.75) is 19.8 Å². The van der Waals surface area contributed by atoms with Gasteiger partial charge < -0.3 is 20.3 Å². The SMILES string of the molecule is CCOc1ccccc1N1CCN(CC(=O)N2CCC[C@H](C(N)=O)C2)CC1. The van der Waals surface area contributed by atoms with Crippen LogP contribution in [0.25, 0.3) is 0 Å². The molecule has 0 aromatic heterocycles. The van der Waals surface area contributed by atoms with Gasteiger partial charge in [0.2, 0.25) is 11.8 Å². The summed E-state index contributed by atoms with van der Waals surface area (Å²) < 4.78 is 5.74. The fourth-order valence-corrected chi connectivity index (χ4v) is 3.87. The maximum absolute atomic E-state index is 12.6. The topological polar surface area (TPSA) is 79.1 Å². The average Bonchev–Trinajstić information content (AvgIpc) is 2.69. The van der Waals surface area contributed by atoms with Crippen LogP contribution in [-0.4, -0.2) is 74.0 Å². The monoisotopic (exact) mass is 374 g/mol. The van der Waals surface area contributed by atoms with Crippen molar-refractivity contribution in [1.29, 1.82) is 0 Å². The Morgan fingerprint density at radius 3 is 2.59 bits per heavy atom. The summed E-state index contributed by atoms with van der Waals surface area (Å²) in [5, 5.41) is 0. The number of carbonyl (C=O) groups is 2. The zero-order valence-corrected chi connectivity index (χ0v) is 16.1. The molecule has 1 atom stereocenters. The summed E-state index contributed by atoms with van der Waals surface area (Å²) in [6.07, 6.45) is 1.64. The van der Waals surface area contributed by atoms with Crippen LogP contribution in [0.15, 0.2) is 24.3 Å². The number of rotatable bonds is 6. The highest BCUT2D eigenvalue weighted by Gasteiger charge is 2.28. The second-order valence-electron chi connectivity index (χ2n) is 7.25. The van der Waals surface area contributed by atoms with Crippen LogP contribution in [0, 0.1) is 5.92 Å². The fraction of sp³-hybridized carbons (Fsp3) is 0.600. The highest BCUT2D eigenvalue weighted by molar-refractivity contribution is 5.81. The Bertz CT molecular complexity index is 658. The minimum atomic E-state index is -0.297. The van der Waals surface area contributed by atoms with Crippen LogP contribution < -0.4 is 15.4 Å². The number of piperazine rings is 1. The normalized spacial score (nSPS) is 21.1. The third-order valence-corrected chi connectivity index (χ3v) is 5.41. The fourth-order valence-electron chi connectivity index (χ4n) is 3.87. The van der Waals surface area contributed by atoms with Gasteiger partial charge in [0.05, 0.1) is 24.8 Å². The van der Waals surface area contributed by atoms with Gasteiger partial charge in [-0.3, -0.25) is 14.5 Å². The number of para-hydroxylation sites is 2. The third kappa shape index (κ3) is 4.91. The van der Waals surface area contributed by atoms with Crippen molar-refractivity contribution in [2.75, 3.05) is 57.3 Å². The molecule has 2 aliphatic rings. The Hall–Kier alpha value is -2.28. The third-order valence-electron chi connectivity index (χ3n) is 5.41. The molecule has 0 spiro atoms. The van der Waals surface area contributed by atoms with Gasteiger partial charge in [-0.2, -0.15) is 0 Å². The second kappa shape index (κ2) is 9.08. The predicted octanol–water partition coefficient (Wildman–Crippen LogP) is 0.931. The Morgan fingerprint density at radius 2 is 1.89 bits per heavy atom. The number of hydrogen-bond acceptors (Lipinski definition) is 5. The number of nitrogens with two attached hydrogens (primary N) is 1. The van der Waals surface area contributed by atoms with E-state index < -0.39 is 0 Å². The molecule has 2 amide bonds. The number of piperidine rings is 1. The zero-order chi connectivity index (χ0) is 19.2. The van der Waals surface area contributed by atoms with E-state index in [-0.39, 0.29) is 17.7 Å². The molecule has 0 aliphatic carbocycles. The Morgan fingerprint density at radius 1 is 1.15 bits per heavy atom. The molecule has 2 aliphatic heterocycles. The maximum Gasteiger partial charge on any atom is 0.236 e. The molecule has 2 fully saturated rings. The first kappa shape index (κ1) is 19.5. The van der Waals surface area contributed by atoms with E-state index in [4.69, 9.17) is 10.5 Å². The van der Waals surface area contributed by atoms with Gasteiger partial charge in [0.1, 0.15) is 5.75 Å². The lowest BCUT2D eigenvalue weighted by atomic mass is 9.97. The van der Waals surface area contributed by atoms with Crippen molar-refractivity contribution in [3.63, 3.8) is 0 Å². The summed E-state index contributed by atoms with van der Waals surface area (Å²) in [6, 6.07) is 8.10. The smallest absolute Gasteiger partial charge is 0.236 e. The van der Waals surface area contributed by atoms with E-state index in [9.17, 15) is 9.59 Å². The number of anilines is 1. The summed E-state index contributed by atoms with van der Waals surface area (Å²) in [5.41, 5.74) is 6.53. The van der Waals surface area contributed by atoms with Crippen molar-refractivity contribution in [2.24, 2.45) is 11.7 Å². The summed E-state index contributed by atoms with van der Waals surface area (Å²) >= 11 is 0. The molecular formula is C20H30N4O3. The van der Waals surface area contributed by atoms with E-state index in [2.05, 4.69) is 15.9 Å². The molecule has 27 heavy (non-hydrogen) atoms. The lowest BCUT2D eigenvalue weighted by molar-refractivity contribution is -0.136. The quantitative estimate of drug-likeness (QED) is 0.801. The van der Waals surface area contributed by atoms with Crippen molar-refractivity contribution in [3.05, 3.63) is 24.3 Å². The van der Waals surface area contributed by atoms with E-state index in [1.807, 2.05) is 25.1 Å². The van der Waals surface area contributed by atoms with E-state index in [0.29, 0.717) is 19.7 Å². The van der Waals surface area contributed by atoms with Crippen LogP contribution in [-0.2, 0) is 9.59 Å². The van der Waals surface area contributed by atoms with Crippen LogP contribution in [0.2, 0.25) is 0 Å². The molecule has 2 saturated heterocycles. The van der Waals surface area contributed by atoms with Gasteiger partial charge in [0.25, 0.3) is 0 Å². The number of carbonyl (C=O) groups excluding carboxylic acids is 2. The summed E-state index contributed by atoms with van der Waals surface area (Å²) in [4.78, 5) is 30.3. The minimum Gasteiger partial charge on any atom is -0.492 e. The van der Waals surface area contributed by atoms with Gasteiger partial charge in [-0.1, -0.05) is 12.1 Å². The standard InChI is InChI=1S/C20H30N4O3/c1-2-27-18-8-4-3-7-17(18)23-12-10-22(11-13-23)15-19(25)24-9-5-6-16(14-24)20(21)26/h3-4,7-8,16H,2,5-6,9-15H2,1H3,(H2,21,26)/t16-/m0/s1. The molecule has 2 heterocycles. The van der Waals surface area contributed by atoms with Crippen LogP contribution >= 0.6 is 0 Å². The van der Waals surface area contributed by atoms with Gasteiger partial charge in [-0.15, -0.1) is 0 Å². The first-order valence-electron chi connectivity index (χ1n) is 9.84. The predicted molar refractivity (Wildman–Crippen MR) is 105 cm³/mol. The number of benzene rings is 1. The zero-order valence-electron chi connectivity index (χ0n) is 16.1. The highest BCUT2D eigenvalue weighted by atomic mass is 16.5. The van der Waals surface area contributed by atoms with Crippen molar-refractivity contribution in [1.82, 2.24) is 9.80 Å². The van der Waals surface area contributed by atoms with Crippen LogP contribution in [0.5, 0.6) is 5.75 Å². The number of hydrogen-bond donors (Lipinski definition) is 1. The Labute approximate surface area is 161 Å². The number of ether oxygens (including phenoxy) is 1. The van der Waals surface area contributed by atoms with Crippen molar-refractivity contribution >= 4 is 17.5 Å². The van der Waals surface area contributed by atoms with Gasteiger partial charge >= 0.3 is 0 Å². The summed E-state index contributed by atoms with van der Waals surface area (Å²) in [7, 11) is 0. The molecule has 0 radical (unpaired) electrons. The highest BCUT2D eigenvalue weighted by Crippen LogP contribution is 2.28. The molecule has 3 rings (SSSR count). The Kier molecular flexibility index (Phi) is 6.55. The molecule has 0 bridgehead atoms. The molecular weight excluding hydrogens is 344 g/mol. The average molecular weight is 374 g/mol. The molecule has 7 nitrogen and oxygen atoms in total. The molecule has 1 aromatic rings. The first-order valence-corrected chi connectivity index (χ1v) is 9.84. The lowest BCUT2D eigenvalue weighted by Crippen LogP contribution is -2.52. The van der Waals surface area contributed by atoms with E-state index in [0.717, 1.165) is 57.0 Å². The summed E-state index contributed by atoms with van der Waals surface area (Å²) in [6.45, 7) is 7.63. The second-order valence-corrected chi connectivity index (χ2v) is 7.25. The van der Waals surface area contributed by atoms with E-state index >= 15 is 0 Å². The molecule has 1 aromatic carbocycles. The Balaban J connectivity index is 1.51. The summed E-state index contributed by atoms with van der Waals surface area (Å²) in [5.74, 6) is 0.517. The van der Waals surface area contributed by atoms with Crippen LogP contribution in [0.1, 0.15) is 19.8 Å². The van der Waals surface area contributed by atoms with Gasteiger partial charge in [0, 0.05) is 39.3 Å². The van der Waals surface area contributed by atoms with E-state index in [1.54, 1.807) is 4.90 Å². The maximum atomic E-state index is 12.6. The number of primary amides is 1. The number of likely N-dealkylation sites (tertiary alicyclic amines) is 1.